The van der Waals surface area contributed by atoms with Gasteiger partial charge in [-0.25, -0.2) is 4.98 Å². The van der Waals surface area contributed by atoms with Crippen LogP contribution in [0.1, 0.15) is 11.1 Å². The van der Waals surface area contributed by atoms with Gasteiger partial charge in [0.15, 0.2) is 0 Å². The third kappa shape index (κ3) is 4.46. The van der Waals surface area contributed by atoms with Gasteiger partial charge in [-0.15, -0.1) is 0 Å². The molecule has 0 saturated heterocycles. The molecule has 0 fully saturated rings. The van der Waals surface area contributed by atoms with E-state index < -0.39 is 0 Å². The largest absolute Gasteiger partial charge is 0.494 e. The molecular formula is C22H29N5O2. The van der Waals surface area contributed by atoms with E-state index in [0.717, 1.165) is 23.0 Å². The minimum atomic E-state index is -0.235. The summed E-state index contributed by atoms with van der Waals surface area (Å²) in [5.74, 6) is -0.0848. The molecule has 1 N–H and O–H groups in total. The number of pyridine rings is 2. The standard InChI is InChI=1S/C22H29N5O2/c1-15-7-6-8-16-13-17-20(24-19(15)16)18(14-23-9-10-25(2)3)22(29)27(21(17)28)12-11-26(4)5/h6-8,13-14,29H,9-12H2,1-5H3. The smallest absolute Gasteiger partial charge is 0.262 e. The van der Waals surface area contributed by atoms with Crippen molar-refractivity contribution in [3.8, 4) is 5.88 Å². The average Bonchev–Trinajstić information content (AvgIpc) is 2.66. The zero-order valence-corrected chi connectivity index (χ0v) is 17.8. The summed E-state index contributed by atoms with van der Waals surface area (Å²) in [6.45, 7) is 4.40. The molecule has 0 unspecified atom stereocenters. The number of rotatable bonds is 7. The van der Waals surface area contributed by atoms with Crippen LogP contribution in [-0.4, -0.2) is 78.5 Å². The molecule has 1 aromatic carbocycles. The number of aromatic hydroxyl groups is 1. The molecule has 3 rings (SSSR count). The summed E-state index contributed by atoms with van der Waals surface area (Å²) >= 11 is 0. The van der Waals surface area contributed by atoms with Crippen LogP contribution in [0.4, 0.5) is 0 Å². The van der Waals surface area contributed by atoms with Crippen LogP contribution in [-0.2, 0) is 6.54 Å². The molecule has 0 radical (unpaired) electrons. The van der Waals surface area contributed by atoms with Gasteiger partial charge in [-0.3, -0.25) is 14.4 Å². The van der Waals surface area contributed by atoms with E-state index >= 15 is 0 Å². The molecule has 0 bridgehead atoms. The van der Waals surface area contributed by atoms with E-state index in [1.807, 2.05) is 69.2 Å². The minimum Gasteiger partial charge on any atom is -0.494 e. The normalized spacial score (nSPS) is 12.2. The van der Waals surface area contributed by atoms with Gasteiger partial charge in [0.1, 0.15) is 0 Å². The second-order valence-electron chi connectivity index (χ2n) is 7.87. The lowest BCUT2D eigenvalue weighted by Crippen LogP contribution is -2.27. The summed E-state index contributed by atoms with van der Waals surface area (Å²) in [5.41, 5.74) is 2.59. The van der Waals surface area contributed by atoms with E-state index in [1.165, 1.54) is 4.57 Å². The van der Waals surface area contributed by atoms with Crippen molar-refractivity contribution in [3.05, 3.63) is 45.7 Å². The van der Waals surface area contributed by atoms with Crippen LogP contribution < -0.4 is 5.56 Å². The van der Waals surface area contributed by atoms with Crippen LogP contribution in [0.15, 0.2) is 34.1 Å². The van der Waals surface area contributed by atoms with Crippen LogP contribution in [0.5, 0.6) is 5.88 Å². The molecule has 7 nitrogen and oxygen atoms in total. The number of aryl methyl sites for hydroxylation is 1. The first kappa shape index (κ1) is 21.0. The van der Waals surface area contributed by atoms with Crippen molar-refractivity contribution in [2.45, 2.75) is 13.5 Å². The number of benzene rings is 1. The third-order valence-electron chi connectivity index (χ3n) is 4.94. The topological polar surface area (TPSA) is 74.0 Å². The van der Waals surface area contributed by atoms with E-state index in [4.69, 9.17) is 4.98 Å². The lowest BCUT2D eigenvalue weighted by molar-refractivity contribution is 0.350. The van der Waals surface area contributed by atoms with Gasteiger partial charge in [0.05, 0.1) is 28.5 Å². The number of hydrogen-bond acceptors (Lipinski definition) is 6. The highest BCUT2D eigenvalue weighted by Crippen LogP contribution is 2.26. The van der Waals surface area contributed by atoms with Crippen LogP contribution in [0, 0.1) is 6.92 Å². The van der Waals surface area contributed by atoms with Gasteiger partial charge in [-0.1, -0.05) is 18.2 Å². The van der Waals surface area contributed by atoms with Crippen LogP contribution in [0.3, 0.4) is 0 Å². The number of aromatic nitrogens is 2. The first-order chi connectivity index (χ1) is 13.8. The highest BCUT2D eigenvalue weighted by Gasteiger charge is 2.17. The molecule has 29 heavy (non-hydrogen) atoms. The monoisotopic (exact) mass is 395 g/mol. The Balaban J connectivity index is 2.25. The molecule has 2 heterocycles. The molecule has 2 aromatic heterocycles. The Morgan fingerprint density at radius 2 is 1.86 bits per heavy atom. The lowest BCUT2D eigenvalue weighted by Gasteiger charge is -2.16. The fraction of sp³-hybridized carbons (Fsp3) is 0.409. The lowest BCUT2D eigenvalue weighted by atomic mass is 10.1. The predicted octanol–water partition coefficient (Wildman–Crippen LogP) is 2.11. The van der Waals surface area contributed by atoms with E-state index in [9.17, 15) is 9.90 Å². The maximum absolute atomic E-state index is 13.2. The first-order valence-corrected chi connectivity index (χ1v) is 9.74. The van der Waals surface area contributed by atoms with Crippen molar-refractivity contribution < 1.29 is 5.11 Å². The second-order valence-corrected chi connectivity index (χ2v) is 7.87. The van der Waals surface area contributed by atoms with Gasteiger partial charge >= 0.3 is 0 Å². The van der Waals surface area contributed by atoms with Crippen LogP contribution >= 0.6 is 0 Å². The Labute approximate surface area is 170 Å². The fourth-order valence-corrected chi connectivity index (χ4v) is 3.25. The van der Waals surface area contributed by atoms with Gasteiger partial charge in [0, 0.05) is 31.2 Å². The Bertz CT molecular complexity index is 1120. The maximum Gasteiger partial charge on any atom is 0.262 e. The number of hydrogen-bond donors (Lipinski definition) is 1. The summed E-state index contributed by atoms with van der Waals surface area (Å²) in [6, 6.07) is 7.77. The third-order valence-corrected chi connectivity index (χ3v) is 4.94. The molecule has 0 saturated carbocycles. The molecule has 0 spiro atoms. The fourth-order valence-electron chi connectivity index (χ4n) is 3.25. The van der Waals surface area contributed by atoms with Crippen LogP contribution in [0.25, 0.3) is 21.8 Å². The average molecular weight is 396 g/mol. The number of para-hydroxylation sites is 1. The van der Waals surface area contributed by atoms with Gasteiger partial charge in [-0.2, -0.15) is 0 Å². The zero-order chi connectivity index (χ0) is 21.1. The number of nitrogens with zero attached hydrogens (tertiary/aromatic N) is 5. The van der Waals surface area contributed by atoms with Gasteiger partial charge in [0.25, 0.3) is 5.56 Å². The molecule has 3 aromatic rings. The Hall–Kier alpha value is -2.77. The van der Waals surface area contributed by atoms with E-state index in [2.05, 4.69) is 4.99 Å². The van der Waals surface area contributed by atoms with Crippen molar-refractivity contribution >= 4 is 28.0 Å². The summed E-state index contributed by atoms with van der Waals surface area (Å²) in [4.78, 5) is 26.4. The van der Waals surface area contributed by atoms with Crippen molar-refractivity contribution in [2.75, 3.05) is 47.8 Å². The summed E-state index contributed by atoms with van der Waals surface area (Å²) in [6.07, 6.45) is 1.64. The second kappa shape index (κ2) is 8.71. The number of likely N-dealkylation sites (N-methyl/N-ethyl adjacent to an activating group) is 2. The molecule has 154 valence electrons. The summed E-state index contributed by atoms with van der Waals surface area (Å²) in [5, 5.41) is 12.3. The molecule has 0 aliphatic carbocycles. The summed E-state index contributed by atoms with van der Waals surface area (Å²) in [7, 11) is 7.84. The molecule has 0 amide bonds. The van der Waals surface area contributed by atoms with Crippen molar-refractivity contribution in [1.82, 2.24) is 19.4 Å². The van der Waals surface area contributed by atoms with E-state index in [-0.39, 0.29) is 11.4 Å². The first-order valence-electron chi connectivity index (χ1n) is 9.74. The van der Waals surface area contributed by atoms with E-state index in [0.29, 0.717) is 36.1 Å². The number of fused-ring (bicyclic) bond motifs is 2. The minimum absolute atomic E-state index is 0.0848. The molecule has 0 aliphatic heterocycles. The Morgan fingerprint density at radius 3 is 2.55 bits per heavy atom. The molecule has 7 heteroatoms. The van der Waals surface area contributed by atoms with Crippen LogP contribution in [0.2, 0.25) is 0 Å². The molecule has 0 aliphatic rings. The Morgan fingerprint density at radius 1 is 1.14 bits per heavy atom. The zero-order valence-electron chi connectivity index (χ0n) is 17.8. The summed E-state index contributed by atoms with van der Waals surface area (Å²) < 4.78 is 1.42. The van der Waals surface area contributed by atoms with Gasteiger partial charge < -0.3 is 14.9 Å². The highest BCUT2D eigenvalue weighted by molar-refractivity contribution is 6.03. The predicted molar refractivity (Wildman–Crippen MR) is 119 cm³/mol. The van der Waals surface area contributed by atoms with Gasteiger partial charge in [0.2, 0.25) is 5.88 Å². The molecular weight excluding hydrogens is 366 g/mol. The van der Waals surface area contributed by atoms with Crippen molar-refractivity contribution in [1.29, 1.82) is 0 Å². The molecule has 0 atom stereocenters. The quantitative estimate of drug-likeness (QED) is 0.490. The van der Waals surface area contributed by atoms with E-state index in [1.54, 1.807) is 6.21 Å². The maximum atomic E-state index is 13.2. The highest BCUT2D eigenvalue weighted by atomic mass is 16.3. The SMILES string of the molecule is Cc1cccc2cc3c(=O)n(CCN(C)C)c(O)c(C=NCCN(C)C)c3nc12. The van der Waals surface area contributed by atoms with Crippen molar-refractivity contribution in [3.63, 3.8) is 0 Å². The Kier molecular flexibility index (Phi) is 6.30. The van der Waals surface area contributed by atoms with Crippen molar-refractivity contribution in [2.24, 2.45) is 4.99 Å². The van der Waals surface area contributed by atoms with Gasteiger partial charge in [-0.05, 0) is 46.7 Å². The number of aliphatic imine (C=N–C) groups is 1.